The van der Waals surface area contributed by atoms with E-state index in [1.165, 1.54) is 4.68 Å². The Kier molecular flexibility index (Phi) is 5.19. The smallest absolute Gasteiger partial charge is 0.269 e. The van der Waals surface area contributed by atoms with E-state index in [1.54, 1.807) is 12.3 Å². The number of amides is 1. The van der Waals surface area contributed by atoms with Gasteiger partial charge < -0.3 is 14.9 Å². The summed E-state index contributed by atoms with van der Waals surface area (Å²) in [5.74, 6) is -0.00257. The molecule has 1 N–H and O–H groups in total. The van der Waals surface area contributed by atoms with Crippen molar-refractivity contribution in [3.8, 4) is 0 Å². The maximum absolute atomic E-state index is 13.3. The molecule has 2 fully saturated rings. The second-order valence-electron chi connectivity index (χ2n) is 8.46. The summed E-state index contributed by atoms with van der Waals surface area (Å²) < 4.78 is 1.51. The van der Waals surface area contributed by atoms with Crippen molar-refractivity contribution in [2.24, 2.45) is 0 Å². The van der Waals surface area contributed by atoms with Crippen molar-refractivity contribution in [3.05, 3.63) is 70.6 Å². The minimum Gasteiger partial charge on any atom is -0.391 e. The quantitative estimate of drug-likeness (QED) is 0.707. The van der Waals surface area contributed by atoms with E-state index in [9.17, 15) is 14.7 Å². The SMILES string of the molecule is O=C(c1cccc2ccccc12)N1CCC[C@H](n2ncc(N3CC[C@H](O)C3)cc2=O)C1. The van der Waals surface area contributed by atoms with Crippen LogP contribution in [0.15, 0.2) is 59.5 Å². The fourth-order valence-electron chi connectivity index (χ4n) is 4.75. The predicted octanol–water partition coefficient (Wildman–Crippen LogP) is 2.44. The van der Waals surface area contributed by atoms with Crippen LogP contribution in [-0.4, -0.2) is 58.0 Å². The van der Waals surface area contributed by atoms with Crippen molar-refractivity contribution in [1.82, 2.24) is 14.7 Å². The van der Waals surface area contributed by atoms with E-state index in [0.29, 0.717) is 31.6 Å². The van der Waals surface area contributed by atoms with Gasteiger partial charge in [0, 0.05) is 37.8 Å². The molecule has 160 valence electrons. The number of carbonyl (C=O) groups is 1. The second kappa shape index (κ2) is 8.15. The molecule has 2 aliphatic rings. The van der Waals surface area contributed by atoms with Gasteiger partial charge in [-0.1, -0.05) is 36.4 Å². The number of anilines is 1. The van der Waals surface area contributed by atoms with E-state index in [2.05, 4.69) is 5.10 Å². The lowest BCUT2D eigenvalue weighted by molar-refractivity contribution is 0.0672. The van der Waals surface area contributed by atoms with Crippen LogP contribution in [0, 0.1) is 0 Å². The van der Waals surface area contributed by atoms with Gasteiger partial charge in [0.05, 0.1) is 24.0 Å². The molecular formula is C24H26N4O3. The maximum Gasteiger partial charge on any atom is 0.269 e. The standard InChI is InChI=1S/C24H26N4O3/c29-20-10-12-26(16-20)19-13-23(30)28(25-14-19)18-7-4-11-27(15-18)24(31)22-9-3-6-17-5-1-2-8-21(17)22/h1-3,5-6,8-9,13-14,18,20,29H,4,7,10-12,15-16H2/t18-,20-/m0/s1. The lowest BCUT2D eigenvalue weighted by atomic mass is 10.0. The third kappa shape index (κ3) is 3.81. The van der Waals surface area contributed by atoms with Gasteiger partial charge in [-0.3, -0.25) is 9.59 Å². The number of nitrogens with zero attached hydrogens (tertiary/aromatic N) is 4. The predicted molar refractivity (Wildman–Crippen MR) is 119 cm³/mol. The largest absolute Gasteiger partial charge is 0.391 e. The Morgan fingerprint density at radius 2 is 1.87 bits per heavy atom. The Balaban J connectivity index is 1.37. The van der Waals surface area contributed by atoms with Gasteiger partial charge in [0.1, 0.15) is 0 Å². The third-order valence-corrected chi connectivity index (χ3v) is 6.39. The third-order valence-electron chi connectivity index (χ3n) is 6.39. The van der Waals surface area contributed by atoms with E-state index < -0.39 is 0 Å². The lowest BCUT2D eigenvalue weighted by Gasteiger charge is -2.33. The molecule has 2 aliphatic heterocycles. The highest BCUT2D eigenvalue weighted by Crippen LogP contribution is 2.25. The summed E-state index contributed by atoms with van der Waals surface area (Å²) in [6.07, 6.45) is 3.69. The number of β-amino-alcohol motifs (C(OH)–C–C–N with tert-alkyl or cyclic N) is 1. The summed E-state index contributed by atoms with van der Waals surface area (Å²) in [5, 5.41) is 16.2. The van der Waals surface area contributed by atoms with Gasteiger partial charge in [0.25, 0.3) is 11.5 Å². The van der Waals surface area contributed by atoms with Crippen LogP contribution in [-0.2, 0) is 0 Å². The molecular weight excluding hydrogens is 392 g/mol. The number of aromatic nitrogens is 2. The summed E-state index contributed by atoms with van der Waals surface area (Å²) in [6, 6.07) is 15.2. The molecule has 0 spiro atoms. The molecule has 0 bridgehead atoms. The molecule has 31 heavy (non-hydrogen) atoms. The Bertz CT molecular complexity index is 1170. The number of benzene rings is 2. The summed E-state index contributed by atoms with van der Waals surface area (Å²) in [6.45, 7) is 2.40. The lowest BCUT2D eigenvalue weighted by Crippen LogP contribution is -2.43. The number of hydrogen-bond donors (Lipinski definition) is 1. The summed E-state index contributed by atoms with van der Waals surface area (Å²) in [7, 11) is 0. The number of likely N-dealkylation sites (tertiary alicyclic amines) is 1. The highest BCUT2D eigenvalue weighted by Gasteiger charge is 2.28. The molecule has 1 aromatic heterocycles. The minimum absolute atomic E-state index is 0.00257. The zero-order valence-electron chi connectivity index (χ0n) is 17.4. The Morgan fingerprint density at radius 1 is 1.03 bits per heavy atom. The van der Waals surface area contributed by atoms with Crippen molar-refractivity contribution in [2.45, 2.75) is 31.4 Å². The number of piperidine rings is 1. The van der Waals surface area contributed by atoms with Crippen molar-refractivity contribution in [2.75, 3.05) is 31.1 Å². The number of hydrogen-bond acceptors (Lipinski definition) is 5. The first-order valence-electron chi connectivity index (χ1n) is 10.9. The molecule has 2 saturated heterocycles. The van der Waals surface area contributed by atoms with Crippen LogP contribution in [0.4, 0.5) is 5.69 Å². The summed E-state index contributed by atoms with van der Waals surface area (Å²) in [4.78, 5) is 30.0. The number of fused-ring (bicyclic) bond motifs is 1. The monoisotopic (exact) mass is 418 g/mol. The minimum atomic E-state index is -0.352. The van der Waals surface area contributed by atoms with Crippen molar-refractivity contribution >= 4 is 22.4 Å². The highest BCUT2D eigenvalue weighted by molar-refractivity contribution is 6.07. The molecule has 0 aliphatic carbocycles. The molecule has 3 heterocycles. The normalized spacial score (nSPS) is 21.6. The molecule has 0 saturated carbocycles. The number of rotatable bonds is 3. The highest BCUT2D eigenvalue weighted by atomic mass is 16.3. The Morgan fingerprint density at radius 3 is 2.68 bits per heavy atom. The molecule has 2 aromatic carbocycles. The van der Waals surface area contributed by atoms with Crippen LogP contribution in [0.2, 0.25) is 0 Å². The Hall–Kier alpha value is -3.19. The van der Waals surface area contributed by atoms with Gasteiger partial charge in [-0.2, -0.15) is 5.10 Å². The van der Waals surface area contributed by atoms with Crippen LogP contribution in [0.5, 0.6) is 0 Å². The first-order valence-corrected chi connectivity index (χ1v) is 10.9. The van der Waals surface area contributed by atoms with Crippen molar-refractivity contribution < 1.29 is 9.90 Å². The molecule has 7 nitrogen and oxygen atoms in total. The van der Waals surface area contributed by atoms with E-state index >= 15 is 0 Å². The number of aliphatic hydroxyl groups excluding tert-OH is 1. The molecule has 1 amide bonds. The molecule has 7 heteroatoms. The van der Waals surface area contributed by atoms with Crippen LogP contribution >= 0.6 is 0 Å². The van der Waals surface area contributed by atoms with Gasteiger partial charge in [-0.25, -0.2) is 4.68 Å². The van der Waals surface area contributed by atoms with Gasteiger partial charge in [-0.15, -0.1) is 0 Å². The van der Waals surface area contributed by atoms with Gasteiger partial charge >= 0.3 is 0 Å². The molecule has 3 aromatic rings. The molecule has 5 rings (SSSR count). The van der Waals surface area contributed by atoms with E-state index in [0.717, 1.165) is 35.8 Å². The molecule has 0 radical (unpaired) electrons. The topological polar surface area (TPSA) is 78.7 Å². The summed E-state index contributed by atoms with van der Waals surface area (Å²) >= 11 is 0. The first-order chi connectivity index (χ1) is 15.1. The van der Waals surface area contributed by atoms with Crippen LogP contribution < -0.4 is 10.5 Å². The number of aliphatic hydroxyl groups is 1. The maximum atomic E-state index is 13.3. The molecule has 2 atom stereocenters. The fraction of sp³-hybridized carbons (Fsp3) is 0.375. The fourth-order valence-corrected chi connectivity index (χ4v) is 4.75. The molecule has 0 unspecified atom stereocenters. The van der Waals surface area contributed by atoms with E-state index in [4.69, 9.17) is 0 Å². The van der Waals surface area contributed by atoms with Crippen LogP contribution in [0.25, 0.3) is 10.8 Å². The second-order valence-corrected chi connectivity index (χ2v) is 8.46. The summed E-state index contributed by atoms with van der Waals surface area (Å²) in [5.41, 5.74) is 1.28. The van der Waals surface area contributed by atoms with Gasteiger partial charge in [0.15, 0.2) is 0 Å². The average molecular weight is 418 g/mol. The van der Waals surface area contributed by atoms with Crippen molar-refractivity contribution in [3.63, 3.8) is 0 Å². The Labute approximate surface area is 180 Å². The van der Waals surface area contributed by atoms with Crippen LogP contribution in [0.3, 0.4) is 0 Å². The zero-order valence-corrected chi connectivity index (χ0v) is 17.4. The van der Waals surface area contributed by atoms with Gasteiger partial charge in [-0.05, 0) is 36.1 Å². The van der Waals surface area contributed by atoms with Gasteiger partial charge in [0.2, 0.25) is 0 Å². The van der Waals surface area contributed by atoms with Crippen LogP contribution in [0.1, 0.15) is 35.7 Å². The van der Waals surface area contributed by atoms with E-state index in [1.807, 2.05) is 52.3 Å². The zero-order chi connectivity index (χ0) is 21.4. The van der Waals surface area contributed by atoms with E-state index in [-0.39, 0.29) is 23.6 Å². The average Bonchev–Trinajstić information content (AvgIpc) is 3.24. The first kappa shape index (κ1) is 19.8. The van der Waals surface area contributed by atoms with Crippen molar-refractivity contribution in [1.29, 1.82) is 0 Å². The number of carbonyl (C=O) groups excluding carboxylic acids is 1.